The van der Waals surface area contributed by atoms with Crippen molar-refractivity contribution in [2.24, 2.45) is 23.7 Å². The summed E-state index contributed by atoms with van der Waals surface area (Å²) in [7, 11) is 3.12. The molecule has 2 unspecified atom stereocenters. The monoisotopic (exact) mass is 780 g/mol. The molecule has 0 fully saturated rings. The summed E-state index contributed by atoms with van der Waals surface area (Å²) >= 11 is -0.499. The quantitative estimate of drug-likeness (QED) is 0.0719. The summed E-state index contributed by atoms with van der Waals surface area (Å²) in [5.41, 5.74) is 0. The molecule has 0 spiro atoms. The van der Waals surface area contributed by atoms with Crippen LogP contribution in [0.4, 0.5) is 0 Å². The zero-order valence-electron chi connectivity index (χ0n) is 27.3. The fourth-order valence-corrected chi connectivity index (χ4v) is 9.44. The van der Waals surface area contributed by atoms with E-state index in [1.807, 2.05) is 64.1 Å². The summed E-state index contributed by atoms with van der Waals surface area (Å²) in [5, 5.41) is 20.7. The number of aliphatic carboxylic acids is 2. The van der Waals surface area contributed by atoms with Crippen molar-refractivity contribution < 1.29 is 48.3 Å². The van der Waals surface area contributed by atoms with E-state index in [4.69, 9.17) is 18.9 Å². The van der Waals surface area contributed by atoms with Crippen LogP contribution in [-0.4, -0.2) is 90.2 Å². The first-order chi connectivity index (χ1) is 22.3. The second kappa shape index (κ2) is 16.0. The van der Waals surface area contributed by atoms with Crippen LogP contribution in [0.25, 0.3) is 19.3 Å². The maximum absolute atomic E-state index is 12.9. The van der Waals surface area contributed by atoms with Gasteiger partial charge in [-0.25, -0.2) is 0 Å². The summed E-state index contributed by atoms with van der Waals surface area (Å²) in [4.78, 5) is 49.1. The van der Waals surface area contributed by atoms with Gasteiger partial charge in [0.15, 0.2) is 0 Å². The Balaban J connectivity index is 1.39. The summed E-state index contributed by atoms with van der Waals surface area (Å²) in [5.74, 6) is -1.72. The summed E-state index contributed by atoms with van der Waals surface area (Å²) in [6, 6.07) is 11.1. The van der Waals surface area contributed by atoms with E-state index in [2.05, 4.69) is 0 Å². The Morgan fingerprint density at radius 1 is 0.617 bits per heavy atom. The van der Waals surface area contributed by atoms with E-state index in [-0.39, 0.29) is 65.3 Å². The number of rotatable bonds is 18. The molecule has 0 radical (unpaired) electrons. The van der Waals surface area contributed by atoms with Crippen LogP contribution in [0.1, 0.15) is 65.4 Å². The Kier molecular flexibility index (Phi) is 12.4. The predicted octanol–water partition coefficient (Wildman–Crippen LogP) is 5.83. The summed E-state index contributed by atoms with van der Waals surface area (Å²) in [6.45, 7) is 7.90. The van der Waals surface area contributed by atoms with Crippen molar-refractivity contribution in [3.63, 3.8) is 0 Å². The molecule has 0 aliphatic carbocycles. The molecule has 2 atom stereocenters. The molecule has 2 aromatic carbocycles. The molecule has 4 aromatic rings. The number of carbonyl (C=O) groups is 4. The van der Waals surface area contributed by atoms with E-state index in [0.717, 1.165) is 19.3 Å². The van der Waals surface area contributed by atoms with Gasteiger partial charge >= 0.3 is 286 Å². The van der Waals surface area contributed by atoms with Gasteiger partial charge in [0.25, 0.3) is 0 Å². The van der Waals surface area contributed by atoms with Crippen molar-refractivity contribution in [1.29, 1.82) is 0 Å². The molecule has 4 rings (SSSR count). The maximum atomic E-state index is 12.9. The van der Waals surface area contributed by atoms with Crippen LogP contribution >= 0.6 is 0 Å². The van der Waals surface area contributed by atoms with Crippen molar-refractivity contribution >= 4 is 71.8 Å². The Bertz CT molecular complexity index is 1640. The average Bonchev–Trinajstić information content (AvgIpc) is 3.64. The number of fused-ring (bicyclic) bond motifs is 2. The van der Waals surface area contributed by atoms with Gasteiger partial charge in [0.05, 0.1) is 0 Å². The van der Waals surface area contributed by atoms with E-state index >= 15 is 0 Å². The number of carboxylic acid groups (broad SMARTS) is 2. The Morgan fingerprint density at radius 3 is 1.32 bits per heavy atom. The molecular weight excluding hydrogens is 738 g/mol. The first-order valence-electron chi connectivity index (χ1n) is 15.3. The SMILES string of the molecule is COc1cc2[se]c(C(=O)CC(C(=O)O)C(C)C)cc2cc1OCCCOc1cc2cc(C(=O)CC(C(=O)O)C(C)C)[se]c2cc1OC. The van der Waals surface area contributed by atoms with Crippen LogP contribution in [0.3, 0.4) is 0 Å². The zero-order valence-corrected chi connectivity index (χ0v) is 30.7. The predicted molar refractivity (Wildman–Crippen MR) is 180 cm³/mol. The number of carbonyl (C=O) groups excluding carboxylic acids is 2. The topological polar surface area (TPSA) is 146 Å². The van der Waals surface area contributed by atoms with Gasteiger partial charge < -0.3 is 0 Å². The van der Waals surface area contributed by atoms with Crippen molar-refractivity contribution in [3.8, 4) is 23.0 Å². The molecule has 0 saturated heterocycles. The first-order valence-corrected chi connectivity index (χ1v) is 18.8. The number of hydrogen-bond donors (Lipinski definition) is 2. The number of methoxy groups -OCH3 is 2. The van der Waals surface area contributed by atoms with Crippen LogP contribution in [0.2, 0.25) is 0 Å². The number of Topliss-reactive ketones (excluding diaryl/α,β-unsaturated/α-hetero) is 2. The van der Waals surface area contributed by atoms with Gasteiger partial charge in [0, 0.05) is 0 Å². The average molecular weight is 779 g/mol. The van der Waals surface area contributed by atoms with Crippen molar-refractivity contribution in [2.75, 3.05) is 27.4 Å². The fourth-order valence-electron chi connectivity index (χ4n) is 5.15. The molecule has 10 nitrogen and oxygen atoms in total. The molecule has 2 aromatic heterocycles. The normalized spacial score (nSPS) is 12.8. The Morgan fingerprint density at radius 2 is 1.00 bits per heavy atom. The van der Waals surface area contributed by atoms with Crippen molar-refractivity contribution in [1.82, 2.24) is 0 Å². The second-order valence-electron chi connectivity index (χ2n) is 12.0. The minimum atomic E-state index is -0.958. The van der Waals surface area contributed by atoms with Crippen molar-refractivity contribution in [3.05, 3.63) is 45.3 Å². The van der Waals surface area contributed by atoms with E-state index in [0.29, 0.717) is 51.5 Å². The standard InChI is InChI=1S/C35H40O10Se2/c1-18(2)22(34(38)39)14-24(36)32-12-20-10-28(26(42-5)16-30(20)46-32)44-8-7-9-45-29-11-21-13-33(47-31(21)17-27(29)43-6)25(37)15-23(19(3)4)35(40)41/h10-13,16-19,22-23H,7-9,14-15H2,1-6H3,(H,38,39)(H,40,41). The molecule has 12 heteroatoms. The van der Waals surface area contributed by atoms with Gasteiger partial charge in [-0.15, -0.1) is 0 Å². The third-order valence-electron chi connectivity index (χ3n) is 8.01. The van der Waals surface area contributed by atoms with Gasteiger partial charge in [0.2, 0.25) is 0 Å². The van der Waals surface area contributed by atoms with E-state index in [1.165, 1.54) is 0 Å². The molecule has 0 amide bonds. The van der Waals surface area contributed by atoms with Gasteiger partial charge in [-0.1, -0.05) is 0 Å². The first kappa shape index (κ1) is 36.3. The molecule has 252 valence electrons. The van der Waals surface area contributed by atoms with Crippen LogP contribution in [0, 0.1) is 23.7 Å². The molecule has 47 heavy (non-hydrogen) atoms. The summed E-state index contributed by atoms with van der Waals surface area (Å²) in [6.07, 6.45) is 0.503. The molecular formula is C35H40O10Se2. The number of ether oxygens (including phenoxy) is 4. The van der Waals surface area contributed by atoms with Crippen LogP contribution in [0.15, 0.2) is 36.4 Å². The molecule has 2 heterocycles. The van der Waals surface area contributed by atoms with Crippen LogP contribution in [-0.2, 0) is 9.59 Å². The van der Waals surface area contributed by atoms with Crippen LogP contribution in [0.5, 0.6) is 23.0 Å². The molecule has 2 N–H and O–H groups in total. The third kappa shape index (κ3) is 8.87. The second-order valence-corrected chi connectivity index (χ2v) is 16.5. The van der Waals surface area contributed by atoms with Crippen LogP contribution < -0.4 is 18.9 Å². The van der Waals surface area contributed by atoms with Gasteiger partial charge in [0.1, 0.15) is 0 Å². The number of ketones is 2. The van der Waals surface area contributed by atoms with Crippen molar-refractivity contribution in [2.45, 2.75) is 47.0 Å². The third-order valence-corrected chi connectivity index (χ3v) is 12.8. The fraction of sp³-hybridized carbons (Fsp3) is 0.429. The van der Waals surface area contributed by atoms with E-state index in [1.54, 1.807) is 14.2 Å². The molecule has 0 aliphatic rings. The number of benzene rings is 2. The number of hydrogen-bond acceptors (Lipinski definition) is 8. The van der Waals surface area contributed by atoms with E-state index in [9.17, 15) is 29.4 Å². The summed E-state index contributed by atoms with van der Waals surface area (Å²) < 4.78 is 26.4. The zero-order chi connectivity index (χ0) is 34.4. The van der Waals surface area contributed by atoms with Gasteiger partial charge in [-0.3, -0.25) is 0 Å². The van der Waals surface area contributed by atoms with E-state index < -0.39 is 23.8 Å². The minimum absolute atomic E-state index is 0.0218. The Labute approximate surface area is 285 Å². The van der Waals surface area contributed by atoms with Gasteiger partial charge in [-0.05, 0) is 0 Å². The molecule has 0 aliphatic heterocycles. The molecule has 0 saturated carbocycles. The molecule has 0 bridgehead atoms. The Hall–Kier alpha value is -3.56. The van der Waals surface area contributed by atoms with Gasteiger partial charge in [-0.2, -0.15) is 0 Å². The number of carboxylic acids is 2.